The van der Waals surface area contributed by atoms with Crippen LogP contribution >= 0.6 is 11.6 Å². The van der Waals surface area contributed by atoms with Crippen molar-refractivity contribution in [1.29, 1.82) is 0 Å². The molecule has 0 saturated carbocycles. The van der Waals surface area contributed by atoms with E-state index in [2.05, 4.69) is 5.32 Å². The van der Waals surface area contributed by atoms with Crippen LogP contribution in [0.3, 0.4) is 0 Å². The van der Waals surface area contributed by atoms with Gasteiger partial charge >= 0.3 is 0 Å². The first-order valence-electron chi connectivity index (χ1n) is 7.99. The summed E-state index contributed by atoms with van der Waals surface area (Å²) in [7, 11) is 1.60. The van der Waals surface area contributed by atoms with Crippen LogP contribution < -0.4 is 5.32 Å². The number of carbonyl (C=O) groups is 2. The number of aryl methyl sites for hydroxylation is 1. The Morgan fingerprint density at radius 2 is 2.12 bits per heavy atom. The van der Waals surface area contributed by atoms with E-state index in [0.29, 0.717) is 41.5 Å². The molecule has 1 aliphatic heterocycles. The normalized spacial score (nSPS) is 13.1. The van der Waals surface area contributed by atoms with E-state index in [9.17, 15) is 9.59 Å². The van der Waals surface area contributed by atoms with E-state index in [1.165, 1.54) is 0 Å². The van der Waals surface area contributed by atoms with Crippen LogP contribution in [-0.2, 0) is 11.3 Å². The molecule has 0 spiro atoms. The first-order valence-corrected chi connectivity index (χ1v) is 8.36. The van der Waals surface area contributed by atoms with Crippen molar-refractivity contribution in [1.82, 2.24) is 4.90 Å². The van der Waals surface area contributed by atoms with Gasteiger partial charge in [0.25, 0.3) is 11.8 Å². The third-order valence-electron chi connectivity index (χ3n) is 4.20. The van der Waals surface area contributed by atoms with Crippen LogP contribution in [0.25, 0.3) is 0 Å². The maximum atomic E-state index is 12.7. The second-order valence-electron chi connectivity index (χ2n) is 6.00. The maximum Gasteiger partial charge on any atom is 0.256 e. The quantitative estimate of drug-likeness (QED) is 0.889. The molecule has 2 amide bonds. The Kier molecular flexibility index (Phi) is 5.06. The number of fused-ring (bicyclic) bond motifs is 1. The molecule has 0 aromatic heterocycles. The van der Waals surface area contributed by atoms with Crippen LogP contribution in [0, 0.1) is 6.92 Å². The number of anilines is 1. The van der Waals surface area contributed by atoms with Crippen molar-refractivity contribution in [3.05, 3.63) is 63.7 Å². The topological polar surface area (TPSA) is 58.6 Å². The highest BCUT2D eigenvalue weighted by molar-refractivity contribution is 6.34. The minimum atomic E-state index is -0.343. The van der Waals surface area contributed by atoms with Crippen molar-refractivity contribution < 1.29 is 14.3 Å². The third-order valence-corrected chi connectivity index (χ3v) is 4.51. The molecule has 1 N–H and O–H groups in total. The zero-order valence-corrected chi connectivity index (χ0v) is 14.9. The average molecular weight is 359 g/mol. The van der Waals surface area contributed by atoms with Gasteiger partial charge in [-0.25, -0.2) is 0 Å². The molecule has 6 heteroatoms. The van der Waals surface area contributed by atoms with E-state index >= 15 is 0 Å². The Morgan fingerprint density at radius 3 is 2.84 bits per heavy atom. The number of halogens is 1. The number of nitrogens with zero attached hydrogens (tertiary/aromatic N) is 1. The lowest BCUT2D eigenvalue weighted by atomic mass is 10.0. The Labute approximate surface area is 151 Å². The van der Waals surface area contributed by atoms with E-state index in [-0.39, 0.29) is 11.8 Å². The molecule has 25 heavy (non-hydrogen) atoms. The van der Waals surface area contributed by atoms with Gasteiger partial charge in [0, 0.05) is 20.2 Å². The minimum absolute atomic E-state index is 0.146. The number of methoxy groups -OCH3 is 1. The third kappa shape index (κ3) is 3.52. The number of hydrogen-bond donors (Lipinski definition) is 1. The standard InChI is InChI=1S/C19H19ClN2O3/c1-12-6-7-16(15(20)10-12)21-18(23)14-5-3-4-13-11-22(8-9-25-2)19(24)17(13)14/h3-7,10H,8-9,11H2,1-2H3,(H,21,23). The van der Waals surface area contributed by atoms with E-state index in [1.54, 1.807) is 36.3 Å². The van der Waals surface area contributed by atoms with Gasteiger partial charge in [-0.05, 0) is 36.2 Å². The molecule has 5 nitrogen and oxygen atoms in total. The number of carbonyl (C=O) groups excluding carboxylic acids is 2. The van der Waals surface area contributed by atoms with E-state index < -0.39 is 0 Å². The Balaban J connectivity index is 1.86. The summed E-state index contributed by atoms with van der Waals surface area (Å²) >= 11 is 6.18. The lowest BCUT2D eigenvalue weighted by Gasteiger charge is -2.14. The molecule has 3 rings (SSSR count). The Hall–Kier alpha value is -2.37. The lowest BCUT2D eigenvalue weighted by Crippen LogP contribution is -2.28. The summed E-state index contributed by atoms with van der Waals surface area (Å²) in [6, 6.07) is 10.7. The largest absolute Gasteiger partial charge is 0.383 e. The van der Waals surface area contributed by atoms with Gasteiger partial charge in [0.2, 0.25) is 0 Å². The number of hydrogen-bond acceptors (Lipinski definition) is 3. The van der Waals surface area contributed by atoms with Crippen molar-refractivity contribution in [2.75, 3.05) is 25.6 Å². The number of amides is 2. The molecule has 1 aliphatic rings. The number of nitrogens with one attached hydrogen (secondary N) is 1. The summed E-state index contributed by atoms with van der Waals surface area (Å²) in [4.78, 5) is 27.1. The van der Waals surface area contributed by atoms with Crippen LogP contribution in [0.4, 0.5) is 5.69 Å². The molecule has 1 heterocycles. The molecule has 130 valence electrons. The first kappa shape index (κ1) is 17.5. The molecule has 0 saturated heterocycles. The number of ether oxygens (including phenoxy) is 1. The minimum Gasteiger partial charge on any atom is -0.383 e. The molecule has 2 aromatic carbocycles. The van der Waals surface area contributed by atoms with E-state index in [4.69, 9.17) is 16.3 Å². The predicted molar refractivity (Wildman–Crippen MR) is 97.2 cm³/mol. The van der Waals surface area contributed by atoms with E-state index in [1.807, 2.05) is 19.1 Å². The molecule has 0 aliphatic carbocycles. The molecule has 0 radical (unpaired) electrons. The van der Waals surface area contributed by atoms with Gasteiger partial charge in [0.15, 0.2) is 0 Å². The monoisotopic (exact) mass is 358 g/mol. The van der Waals surface area contributed by atoms with Crippen LogP contribution in [0.2, 0.25) is 5.02 Å². The Morgan fingerprint density at radius 1 is 1.32 bits per heavy atom. The molecule has 0 fully saturated rings. The summed E-state index contributed by atoms with van der Waals surface area (Å²) in [6.45, 7) is 3.37. The van der Waals surface area contributed by atoms with Crippen LogP contribution in [0.15, 0.2) is 36.4 Å². The summed E-state index contributed by atoms with van der Waals surface area (Å²) in [5.74, 6) is -0.489. The summed E-state index contributed by atoms with van der Waals surface area (Å²) in [5.41, 5.74) is 3.20. The first-order chi connectivity index (χ1) is 12.0. The van der Waals surface area contributed by atoms with E-state index in [0.717, 1.165) is 11.1 Å². The fourth-order valence-corrected chi connectivity index (χ4v) is 3.18. The van der Waals surface area contributed by atoms with Gasteiger partial charge in [-0.1, -0.05) is 29.8 Å². The van der Waals surface area contributed by atoms with Crippen molar-refractivity contribution in [3.8, 4) is 0 Å². The highest BCUT2D eigenvalue weighted by atomic mass is 35.5. The summed E-state index contributed by atoms with van der Waals surface area (Å²) in [5, 5.41) is 3.26. The molecule has 2 aromatic rings. The molecular weight excluding hydrogens is 340 g/mol. The maximum absolute atomic E-state index is 12.7. The van der Waals surface area contributed by atoms with Crippen LogP contribution in [0.1, 0.15) is 31.8 Å². The van der Waals surface area contributed by atoms with Gasteiger partial charge in [-0.15, -0.1) is 0 Å². The zero-order chi connectivity index (χ0) is 18.0. The smallest absolute Gasteiger partial charge is 0.256 e. The van der Waals surface area contributed by atoms with Gasteiger partial charge < -0.3 is 15.0 Å². The second-order valence-corrected chi connectivity index (χ2v) is 6.40. The fourth-order valence-electron chi connectivity index (χ4n) is 2.90. The predicted octanol–water partition coefficient (Wildman–Crippen LogP) is 3.50. The molecular formula is C19H19ClN2O3. The average Bonchev–Trinajstić information content (AvgIpc) is 2.91. The lowest BCUT2D eigenvalue weighted by molar-refractivity contribution is 0.0716. The second kappa shape index (κ2) is 7.25. The highest BCUT2D eigenvalue weighted by Gasteiger charge is 2.31. The molecule has 0 atom stereocenters. The van der Waals surface area contributed by atoms with Gasteiger partial charge in [-0.3, -0.25) is 9.59 Å². The SMILES string of the molecule is COCCN1Cc2cccc(C(=O)Nc3ccc(C)cc3Cl)c2C1=O. The number of benzene rings is 2. The van der Waals surface area contributed by atoms with Crippen molar-refractivity contribution >= 4 is 29.1 Å². The summed E-state index contributed by atoms with van der Waals surface area (Å²) < 4.78 is 5.04. The molecule has 0 unspecified atom stereocenters. The van der Waals surface area contributed by atoms with Crippen molar-refractivity contribution in [2.24, 2.45) is 0 Å². The molecule has 0 bridgehead atoms. The van der Waals surface area contributed by atoms with Crippen LogP contribution in [0.5, 0.6) is 0 Å². The fraction of sp³-hybridized carbons (Fsp3) is 0.263. The number of rotatable bonds is 5. The van der Waals surface area contributed by atoms with Gasteiger partial charge in [0.1, 0.15) is 0 Å². The van der Waals surface area contributed by atoms with Crippen LogP contribution in [-0.4, -0.2) is 37.0 Å². The van der Waals surface area contributed by atoms with Crippen molar-refractivity contribution in [2.45, 2.75) is 13.5 Å². The van der Waals surface area contributed by atoms with Gasteiger partial charge in [0.05, 0.1) is 28.4 Å². The highest BCUT2D eigenvalue weighted by Crippen LogP contribution is 2.28. The zero-order valence-electron chi connectivity index (χ0n) is 14.1. The Bertz CT molecular complexity index is 835. The van der Waals surface area contributed by atoms with Gasteiger partial charge in [-0.2, -0.15) is 0 Å². The summed E-state index contributed by atoms with van der Waals surface area (Å²) in [6.07, 6.45) is 0. The van der Waals surface area contributed by atoms with Crippen molar-refractivity contribution in [3.63, 3.8) is 0 Å².